The van der Waals surface area contributed by atoms with Crippen molar-refractivity contribution in [3.8, 4) is 11.4 Å². The van der Waals surface area contributed by atoms with Crippen molar-refractivity contribution in [2.45, 2.75) is 52.5 Å². The standard InChI is InChI=1S/C25H25N3O5/c1-4-13-14-7-5-6-8-18(14)27-21-16(13)10-28-19(21)9-15-17(23(28)29)11-32-25(31)22(15)33-24(30)20(26)12(2)3/h5-9,12,20,22H,4,10-11,26H2,1-3H3/t20-,22?/m0/s1. The molecule has 2 aliphatic rings. The SMILES string of the molecule is CCc1c2c(nc3ccccc13)-c1cc3c(c(=O)n1C2)COC(=O)C3OC(=O)[C@@H](N)C(C)C. The third-order valence-corrected chi connectivity index (χ3v) is 6.54. The van der Waals surface area contributed by atoms with E-state index in [1.165, 1.54) is 0 Å². The minimum Gasteiger partial charge on any atom is -0.458 e. The molecule has 1 unspecified atom stereocenters. The van der Waals surface area contributed by atoms with E-state index in [9.17, 15) is 14.4 Å². The van der Waals surface area contributed by atoms with Gasteiger partial charge in [-0.05, 0) is 30.0 Å². The summed E-state index contributed by atoms with van der Waals surface area (Å²) in [4.78, 5) is 43.3. The van der Waals surface area contributed by atoms with E-state index in [1.54, 1.807) is 24.5 Å². The number of hydrogen-bond donors (Lipinski definition) is 1. The minimum atomic E-state index is -1.33. The van der Waals surface area contributed by atoms with Crippen molar-refractivity contribution in [1.82, 2.24) is 9.55 Å². The van der Waals surface area contributed by atoms with Crippen LogP contribution in [-0.4, -0.2) is 27.5 Å². The lowest BCUT2D eigenvalue weighted by Crippen LogP contribution is -2.40. The van der Waals surface area contributed by atoms with Gasteiger partial charge in [-0.1, -0.05) is 39.0 Å². The quantitative estimate of drug-likeness (QED) is 0.478. The Morgan fingerprint density at radius 3 is 2.76 bits per heavy atom. The molecule has 1 aromatic carbocycles. The highest BCUT2D eigenvalue weighted by Gasteiger charge is 2.38. The molecule has 0 amide bonds. The van der Waals surface area contributed by atoms with E-state index in [-0.39, 0.29) is 18.1 Å². The van der Waals surface area contributed by atoms with E-state index in [0.717, 1.165) is 28.5 Å². The van der Waals surface area contributed by atoms with Gasteiger partial charge >= 0.3 is 11.9 Å². The largest absolute Gasteiger partial charge is 0.458 e. The van der Waals surface area contributed by atoms with Crippen LogP contribution in [0, 0.1) is 5.92 Å². The molecule has 8 heteroatoms. The Kier molecular flexibility index (Phi) is 5.05. The van der Waals surface area contributed by atoms with Gasteiger partial charge in [0.1, 0.15) is 12.6 Å². The van der Waals surface area contributed by atoms with Crippen LogP contribution in [-0.2, 0) is 38.6 Å². The predicted molar refractivity (Wildman–Crippen MR) is 121 cm³/mol. The predicted octanol–water partition coefficient (Wildman–Crippen LogP) is 2.61. The molecule has 0 saturated heterocycles. The first-order valence-corrected chi connectivity index (χ1v) is 11.1. The molecular formula is C25H25N3O5. The number of nitrogens with two attached hydrogens (primary N) is 1. The third-order valence-electron chi connectivity index (χ3n) is 6.54. The molecule has 4 heterocycles. The van der Waals surface area contributed by atoms with Crippen LogP contribution < -0.4 is 11.3 Å². The number of benzene rings is 1. The lowest BCUT2D eigenvalue weighted by atomic mass is 9.97. The van der Waals surface area contributed by atoms with E-state index in [0.29, 0.717) is 29.1 Å². The van der Waals surface area contributed by atoms with Gasteiger partial charge in [-0.3, -0.25) is 9.59 Å². The van der Waals surface area contributed by atoms with Crippen molar-refractivity contribution in [1.29, 1.82) is 0 Å². The van der Waals surface area contributed by atoms with Gasteiger partial charge in [0.05, 0.1) is 29.0 Å². The van der Waals surface area contributed by atoms with Gasteiger partial charge in [0, 0.05) is 16.5 Å². The fourth-order valence-electron chi connectivity index (χ4n) is 4.63. The molecule has 8 nitrogen and oxygen atoms in total. The molecule has 0 spiro atoms. The molecule has 2 atom stereocenters. The Bertz CT molecular complexity index is 1370. The molecule has 33 heavy (non-hydrogen) atoms. The monoisotopic (exact) mass is 447 g/mol. The van der Waals surface area contributed by atoms with Gasteiger partial charge in [-0.25, -0.2) is 9.78 Å². The zero-order valence-corrected chi connectivity index (χ0v) is 18.8. The number of ether oxygens (including phenoxy) is 2. The van der Waals surface area contributed by atoms with Crippen LogP contribution in [0.2, 0.25) is 0 Å². The van der Waals surface area contributed by atoms with Crippen molar-refractivity contribution in [3.05, 3.63) is 62.9 Å². The van der Waals surface area contributed by atoms with Crippen molar-refractivity contribution >= 4 is 22.8 Å². The molecule has 170 valence electrons. The molecule has 2 aliphatic heterocycles. The molecule has 0 fully saturated rings. The summed E-state index contributed by atoms with van der Waals surface area (Å²) < 4.78 is 12.3. The first kappa shape index (κ1) is 21.3. The molecule has 0 bridgehead atoms. The Balaban J connectivity index is 1.67. The van der Waals surface area contributed by atoms with Crippen LogP contribution in [0.4, 0.5) is 0 Å². The number of pyridine rings is 2. The highest BCUT2D eigenvalue weighted by molar-refractivity contribution is 5.89. The van der Waals surface area contributed by atoms with Crippen LogP contribution >= 0.6 is 0 Å². The van der Waals surface area contributed by atoms with E-state index in [4.69, 9.17) is 20.2 Å². The van der Waals surface area contributed by atoms with Crippen LogP contribution in [0.3, 0.4) is 0 Å². The molecule has 5 rings (SSSR count). The molecule has 2 aromatic heterocycles. The maximum Gasteiger partial charge on any atom is 0.352 e. The second-order valence-electron chi connectivity index (χ2n) is 8.84. The fraction of sp³-hybridized carbons (Fsp3) is 0.360. The molecular weight excluding hydrogens is 422 g/mol. The molecule has 0 aliphatic carbocycles. The number of rotatable bonds is 4. The summed E-state index contributed by atoms with van der Waals surface area (Å²) >= 11 is 0. The molecule has 3 aromatic rings. The maximum absolute atomic E-state index is 13.4. The van der Waals surface area contributed by atoms with Crippen molar-refractivity contribution in [3.63, 3.8) is 0 Å². The molecule has 2 N–H and O–H groups in total. The van der Waals surface area contributed by atoms with Gasteiger partial charge < -0.3 is 19.8 Å². The van der Waals surface area contributed by atoms with Crippen LogP contribution in [0.1, 0.15) is 49.1 Å². The number of fused-ring (bicyclic) bond motifs is 5. The normalized spacial score (nSPS) is 17.4. The average molecular weight is 447 g/mol. The summed E-state index contributed by atoms with van der Waals surface area (Å²) in [5.41, 5.74) is 10.6. The van der Waals surface area contributed by atoms with Crippen LogP contribution in [0.15, 0.2) is 35.1 Å². The summed E-state index contributed by atoms with van der Waals surface area (Å²) in [6, 6.07) is 8.75. The average Bonchev–Trinajstić information content (AvgIpc) is 3.17. The second-order valence-corrected chi connectivity index (χ2v) is 8.84. The number of aromatic nitrogens is 2. The van der Waals surface area contributed by atoms with Crippen molar-refractivity contribution in [2.75, 3.05) is 0 Å². The van der Waals surface area contributed by atoms with Gasteiger partial charge in [0.15, 0.2) is 0 Å². The number of carbonyl (C=O) groups is 2. The Morgan fingerprint density at radius 2 is 2.03 bits per heavy atom. The summed E-state index contributed by atoms with van der Waals surface area (Å²) in [7, 11) is 0. The van der Waals surface area contributed by atoms with Crippen LogP contribution in [0.25, 0.3) is 22.3 Å². The first-order chi connectivity index (χ1) is 15.8. The first-order valence-electron chi connectivity index (χ1n) is 11.1. The highest BCUT2D eigenvalue weighted by Crippen LogP contribution is 2.38. The number of hydrogen-bond acceptors (Lipinski definition) is 7. The molecule has 0 radical (unpaired) electrons. The fourth-order valence-corrected chi connectivity index (χ4v) is 4.63. The Labute approximate surface area is 190 Å². The van der Waals surface area contributed by atoms with Crippen LogP contribution in [0.5, 0.6) is 0 Å². The summed E-state index contributed by atoms with van der Waals surface area (Å²) in [6.07, 6.45) is -0.539. The number of cyclic esters (lactones) is 1. The van der Waals surface area contributed by atoms with E-state index in [1.807, 2.05) is 24.3 Å². The highest BCUT2D eigenvalue weighted by atomic mass is 16.6. The summed E-state index contributed by atoms with van der Waals surface area (Å²) in [6.45, 7) is 5.89. The topological polar surface area (TPSA) is 114 Å². The Hall–Kier alpha value is -3.52. The number of nitrogens with zero attached hydrogens (tertiary/aromatic N) is 2. The number of para-hydroxylation sites is 1. The zero-order chi connectivity index (χ0) is 23.4. The van der Waals surface area contributed by atoms with Gasteiger partial charge in [0.2, 0.25) is 6.10 Å². The van der Waals surface area contributed by atoms with E-state index < -0.39 is 24.1 Å². The Morgan fingerprint density at radius 1 is 1.27 bits per heavy atom. The second kappa shape index (κ2) is 7.81. The lowest BCUT2D eigenvalue weighted by Gasteiger charge is -2.26. The maximum atomic E-state index is 13.4. The van der Waals surface area contributed by atoms with Gasteiger partial charge in [-0.2, -0.15) is 0 Å². The van der Waals surface area contributed by atoms with E-state index in [2.05, 4.69) is 6.92 Å². The summed E-state index contributed by atoms with van der Waals surface area (Å²) in [5, 5.41) is 1.07. The number of carbonyl (C=O) groups excluding carboxylic acids is 2. The van der Waals surface area contributed by atoms with Crippen molar-refractivity contribution in [2.24, 2.45) is 11.7 Å². The van der Waals surface area contributed by atoms with Gasteiger partial charge in [0.25, 0.3) is 5.56 Å². The number of aryl methyl sites for hydroxylation is 1. The summed E-state index contributed by atoms with van der Waals surface area (Å²) in [5.74, 6) is -1.59. The zero-order valence-electron chi connectivity index (χ0n) is 18.8. The third kappa shape index (κ3) is 3.24. The van der Waals surface area contributed by atoms with Crippen molar-refractivity contribution < 1.29 is 19.1 Å². The molecule has 0 saturated carbocycles. The number of esters is 2. The minimum absolute atomic E-state index is 0.163. The lowest BCUT2D eigenvalue weighted by molar-refractivity contribution is -0.173. The smallest absolute Gasteiger partial charge is 0.352 e. The van der Waals surface area contributed by atoms with E-state index >= 15 is 0 Å². The van der Waals surface area contributed by atoms with Gasteiger partial charge in [-0.15, -0.1) is 0 Å².